The molecular formula is C18H17ClFNO3. The van der Waals surface area contributed by atoms with Crippen LogP contribution in [0.15, 0.2) is 42.5 Å². The van der Waals surface area contributed by atoms with Gasteiger partial charge in [0.05, 0.1) is 19.2 Å². The lowest BCUT2D eigenvalue weighted by atomic mass is 10.2. The molecule has 1 N–H and O–H groups in total. The van der Waals surface area contributed by atoms with Crippen LogP contribution in [-0.4, -0.2) is 20.1 Å². The summed E-state index contributed by atoms with van der Waals surface area (Å²) in [5.74, 6) is 0.277. The van der Waals surface area contributed by atoms with Crippen LogP contribution in [0, 0.1) is 5.82 Å². The third-order valence-corrected chi connectivity index (χ3v) is 3.52. The fraction of sp³-hybridized carbons (Fsp3) is 0.167. The third-order valence-electron chi connectivity index (χ3n) is 3.24. The number of carbonyl (C=O) groups excluding carboxylic acids is 1. The van der Waals surface area contributed by atoms with Crippen LogP contribution in [-0.2, 0) is 11.3 Å². The molecule has 2 aromatic carbocycles. The van der Waals surface area contributed by atoms with Crippen LogP contribution in [0.2, 0.25) is 5.02 Å². The highest BCUT2D eigenvalue weighted by atomic mass is 35.5. The molecule has 0 saturated carbocycles. The molecule has 0 aliphatic heterocycles. The lowest BCUT2D eigenvalue weighted by Crippen LogP contribution is -2.20. The predicted molar refractivity (Wildman–Crippen MR) is 91.8 cm³/mol. The third kappa shape index (κ3) is 4.73. The van der Waals surface area contributed by atoms with Crippen LogP contribution < -0.4 is 14.8 Å². The Balaban J connectivity index is 2.02. The Labute approximate surface area is 144 Å². The average molecular weight is 350 g/mol. The van der Waals surface area contributed by atoms with E-state index >= 15 is 0 Å². The zero-order chi connectivity index (χ0) is 17.5. The van der Waals surface area contributed by atoms with Crippen molar-refractivity contribution in [2.24, 2.45) is 0 Å². The molecule has 1 amide bonds. The number of ether oxygens (including phenoxy) is 2. The number of methoxy groups -OCH3 is 2. The van der Waals surface area contributed by atoms with Gasteiger partial charge in [-0.25, -0.2) is 4.39 Å². The summed E-state index contributed by atoms with van der Waals surface area (Å²) in [5, 5.41) is 3.07. The molecule has 0 aromatic heterocycles. The quantitative estimate of drug-likeness (QED) is 0.806. The van der Waals surface area contributed by atoms with Gasteiger partial charge in [-0.2, -0.15) is 0 Å². The van der Waals surface area contributed by atoms with Gasteiger partial charge in [-0.15, -0.1) is 0 Å². The van der Waals surface area contributed by atoms with E-state index in [1.807, 2.05) is 0 Å². The Morgan fingerprint density at radius 2 is 2.04 bits per heavy atom. The molecule has 0 radical (unpaired) electrons. The highest BCUT2D eigenvalue weighted by Crippen LogP contribution is 2.36. The molecule has 2 aromatic rings. The van der Waals surface area contributed by atoms with Gasteiger partial charge in [-0.05, 0) is 41.5 Å². The van der Waals surface area contributed by atoms with Gasteiger partial charge >= 0.3 is 0 Å². The maximum Gasteiger partial charge on any atom is 0.244 e. The molecule has 0 fully saturated rings. The van der Waals surface area contributed by atoms with Gasteiger partial charge in [0.15, 0.2) is 11.5 Å². The predicted octanol–water partition coefficient (Wildman–Crippen LogP) is 3.83. The molecule has 24 heavy (non-hydrogen) atoms. The van der Waals surface area contributed by atoms with Crippen molar-refractivity contribution >= 4 is 23.6 Å². The zero-order valence-corrected chi connectivity index (χ0v) is 14.1. The van der Waals surface area contributed by atoms with Crippen LogP contribution in [0.25, 0.3) is 6.08 Å². The smallest absolute Gasteiger partial charge is 0.244 e. The second-order valence-corrected chi connectivity index (χ2v) is 5.33. The van der Waals surface area contributed by atoms with Crippen LogP contribution in [0.1, 0.15) is 11.1 Å². The summed E-state index contributed by atoms with van der Waals surface area (Å²) in [5.41, 5.74) is 1.38. The van der Waals surface area contributed by atoms with Crippen molar-refractivity contribution < 1.29 is 18.7 Å². The van der Waals surface area contributed by atoms with Crippen LogP contribution >= 0.6 is 11.6 Å². The van der Waals surface area contributed by atoms with Crippen molar-refractivity contribution in [1.29, 1.82) is 0 Å². The van der Waals surface area contributed by atoms with E-state index in [1.165, 1.54) is 32.4 Å². The Morgan fingerprint density at radius 3 is 2.71 bits per heavy atom. The van der Waals surface area contributed by atoms with Crippen LogP contribution in [0.4, 0.5) is 4.39 Å². The summed E-state index contributed by atoms with van der Waals surface area (Å²) in [4.78, 5) is 11.9. The minimum Gasteiger partial charge on any atom is -0.493 e. The van der Waals surface area contributed by atoms with Crippen LogP contribution in [0.5, 0.6) is 11.5 Å². The summed E-state index contributed by atoms with van der Waals surface area (Å²) >= 11 is 6.11. The Kier molecular flexibility index (Phi) is 6.21. The summed E-state index contributed by atoms with van der Waals surface area (Å²) in [6.45, 7) is 0.244. The van der Waals surface area contributed by atoms with Gasteiger partial charge in [0, 0.05) is 12.6 Å². The van der Waals surface area contributed by atoms with E-state index in [9.17, 15) is 9.18 Å². The number of rotatable bonds is 6. The normalized spacial score (nSPS) is 10.7. The van der Waals surface area contributed by atoms with Gasteiger partial charge in [-0.1, -0.05) is 23.7 Å². The molecule has 0 aliphatic carbocycles. The van der Waals surface area contributed by atoms with E-state index < -0.39 is 0 Å². The molecule has 0 bridgehead atoms. The monoisotopic (exact) mass is 349 g/mol. The van der Waals surface area contributed by atoms with E-state index in [0.717, 1.165) is 0 Å². The van der Waals surface area contributed by atoms with Crippen molar-refractivity contribution in [2.75, 3.05) is 14.2 Å². The Hall–Kier alpha value is -2.53. The van der Waals surface area contributed by atoms with E-state index in [1.54, 1.807) is 30.3 Å². The first-order valence-electron chi connectivity index (χ1n) is 7.15. The first-order valence-corrected chi connectivity index (χ1v) is 7.53. The number of hydrogen-bond acceptors (Lipinski definition) is 3. The van der Waals surface area contributed by atoms with E-state index in [4.69, 9.17) is 21.1 Å². The number of amides is 1. The van der Waals surface area contributed by atoms with Crippen molar-refractivity contribution in [2.45, 2.75) is 6.54 Å². The number of hydrogen-bond donors (Lipinski definition) is 1. The minimum absolute atomic E-state index is 0.244. The summed E-state index contributed by atoms with van der Waals surface area (Å²) in [6.07, 6.45) is 2.98. The highest BCUT2D eigenvalue weighted by Gasteiger charge is 2.09. The van der Waals surface area contributed by atoms with Crippen LogP contribution in [0.3, 0.4) is 0 Å². The van der Waals surface area contributed by atoms with Crippen molar-refractivity contribution in [3.63, 3.8) is 0 Å². The number of benzene rings is 2. The van der Waals surface area contributed by atoms with E-state index in [2.05, 4.69) is 5.32 Å². The number of nitrogens with one attached hydrogen (secondary N) is 1. The SMILES string of the molecule is COc1cc(/C=C/C(=O)NCc2cccc(F)c2)cc(Cl)c1OC. The Bertz CT molecular complexity index is 762. The molecule has 0 unspecified atom stereocenters. The lowest BCUT2D eigenvalue weighted by molar-refractivity contribution is -0.116. The molecule has 0 spiro atoms. The van der Waals surface area contributed by atoms with Crippen molar-refractivity contribution in [1.82, 2.24) is 5.32 Å². The summed E-state index contributed by atoms with van der Waals surface area (Å²) in [6, 6.07) is 9.43. The van der Waals surface area contributed by atoms with E-state index in [0.29, 0.717) is 27.6 Å². The molecule has 2 rings (SSSR count). The zero-order valence-electron chi connectivity index (χ0n) is 13.3. The van der Waals surface area contributed by atoms with Gasteiger partial charge in [-0.3, -0.25) is 4.79 Å². The molecule has 126 valence electrons. The van der Waals surface area contributed by atoms with E-state index in [-0.39, 0.29) is 18.3 Å². The Morgan fingerprint density at radius 1 is 1.25 bits per heavy atom. The molecule has 0 aliphatic rings. The molecular weight excluding hydrogens is 333 g/mol. The first-order chi connectivity index (χ1) is 11.5. The summed E-state index contributed by atoms with van der Waals surface area (Å²) < 4.78 is 23.4. The standard InChI is InChI=1S/C18H17ClFNO3/c1-23-16-10-12(9-15(19)18(16)24-2)6-7-17(22)21-11-13-4-3-5-14(20)8-13/h3-10H,11H2,1-2H3,(H,21,22)/b7-6+. The van der Waals surface area contributed by atoms with Gasteiger partial charge in [0.2, 0.25) is 5.91 Å². The largest absolute Gasteiger partial charge is 0.493 e. The maximum atomic E-state index is 13.1. The lowest BCUT2D eigenvalue weighted by Gasteiger charge is -2.10. The molecule has 6 heteroatoms. The molecule has 0 heterocycles. The fourth-order valence-electron chi connectivity index (χ4n) is 2.10. The minimum atomic E-state index is -0.336. The van der Waals surface area contributed by atoms with Crippen molar-refractivity contribution in [3.05, 3.63) is 64.4 Å². The molecule has 0 saturated heterocycles. The maximum absolute atomic E-state index is 13.1. The summed E-state index contributed by atoms with van der Waals surface area (Å²) in [7, 11) is 3.01. The highest BCUT2D eigenvalue weighted by molar-refractivity contribution is 6.32. The van der Waals surface area contributed by atoms with Gasteiger partial charge in [0.25, 0.3) is 0 Å². The van der Waals surface area contributed by atoms with Crippen molar-refractivity contribution in [3.8, 4) is 11.5 Å². The van der Waals surface area contributed by atoms with Gasteiger partial charge in [0.1, 0.15) is 5.82 Å². The molecule has 4 nitrogen and oxygen atoms in total. The average Bonchev–Trinajstić information content (AvgIpc) is 2.57. The second kappa shape index (κ2) is 8.36. The molecule has 0 atom stereocenters. The fourth-order valence-corrected chi connectivity index (χ4v) is 2.40. The number of carbonyl (C=O) groups is 1. The van der Waals surface area contributed by atoms with Gasteiger partial charge < -0.3 is 14.8 Å². The topological polar surface area (TPSA) is 47.6 Å². The second-order valence-electron chi connectivity index (χ2n) is 4.92. The number of halogens is 2. The first kappa shape index (κ1) is 17.8.